The van der Waals surface area contributed by atoms with Gasteiger partial charge < -0.3 is 9.26 Å². The zero-order chi connectivity index (χ0) is 10.3. The molecule has 0 bridgehead atoms. The van der Waals surface area contributed by atoms with E-state index in [4.69, 9.17) is 4.53 Å². The van der Waals surface area contributed by atoms with Crippen LogP contribution in [0.25, 0.3) is 0 Å². The van der Waals surface area contributed by atoms with Crippen LogP contribution in [0.15, 0.2) is 17.3 Å². The fourth-order valence-corrected chi connectivity index (χ4v) is 0.790. The molecule has 0 aromatic rings. The Bertz CT molecular complexity index is 218. The minimum absolute atomic E-state index is 0.403. The summed E-state index contributed by atoms with van der Waals surface area (Å²) in [5.74, 6) is -0.403. The second kappa shape index (κ2) is 5.53. The van der Waals surface area contributed by atoms with Gasteiger partial charge in [0.25, 0.3) is 8.32 Å². The molecular weight excluding hydrogens is 186 g/mol. The first-order chi connectivity index (χ1) is 5.95. The van der Waals surface area contributed by atoms with Gasteiger partial charge in [0.1, 0.15) is 0 Å². The summed E-state index contributed by atoms with van der Waals surface area (Å²) in [6.07, 6.45) is 4.18. The summed E-state index contributed by atoms with van der Waals surface area (Å²) >= 11 is 0. The molecule has 13 heavy (non-hydrogen) atoms. The lowest BCUT2D eigenvalue weighted by Gasteiger charge is -2.11. The van der Waals surface area contributed by atoms with E-state index >= 15 is 0 Å². The van der Waals surface area contributed by atoms with Crippen molar-refractivity contribution >= 4 is 20.5 Å². The van der Waals surface area contributed by atoms with Gasteiger partial charge in [0.15, 0.2) is 0 Å². The maximum atomic E-state index is 10.6. The van der Waals surface area contributed by atoms with Crippen LogP contribution in [0, 0.1) is 0 Å². The van der Waals surface area contributed by atoms with Crippen molar-refractivity contribution in [3.63, 3.8) is 0 Å². The maximum Gasteiger partial charge on any atom is 0.330 e. The van der Waals surface area contributed by atoms with E-state index in [1.54, 1.807) is 0 Å². The Hall–Kier alpha value is -1.10. The summed E-state index contributed by atoms with van der Waals surface area (Å²) in [4.78, 5) is 10.6. The van der Waals surface area contributed by atoms with E-state index in [2.05, 4.69) is 9.89 Å². The van der Waals surface area contributed by atoms with Crippen molar-refractivity contribution in [3.8, 4) is 0 Å². The zero-order valence-electron chi connectivity index (χ0n) is 8.40. The molecule has 0 spiro atoms. The van der Waals surface area contributed by atoms with E-state index in [0.29, 0.717) is 0 Å². The molecule has 0 fully saturated rings. The third-order valence-corrected chi connectivity index (χ3v) is 1.56. The van der Waals surface area contributed by atoms with Crippen molar-refractivity contribution in [2.75, 3.05) is 7.11 Å². The Labute approximate surface area is 79.3 Å². The molecule has 5 heteroatoms. The average molecular weight is 201 g/mol. The Kier molecular flexibility index (Phi) is 5.06. The first-order valence-electron chi connectivity index (χ1n) is 3.92. The lowest BCUT2D eigenvalue weighted by molar-refractivity contribution is -0.134. The molecule has 0 amide bonds. The van der Waals surface area contributed by atoms with E-state index in [-0.39, 0.29) is 0 Å². The van der Waals surface area contributed by atoms with Crippen molar-refractivity contribution in [1.82, 2.24) is 0 Å². The summed E-state index contributed by atoms with van der Waals surface area (Å²) in [5, 5.41) is 3.69. The molecule has 4 nitrogen and oxygen atoms in total. The lowest BCUT2D eigenvalue weighted by atomic mass is 10.5. The van der Waals surface area contributed by atoms with Crippen LogP contribution in [0.2, 0.25) is 19.6 Å². The second-order valence-electron chi connectivity index (χ2n) is 3.34. The minimum Gasteiger partial charge on any atom is -0.466 e. The molecule has 0 aromatic heterocycles. The number of oxime groups is 1. The van der Waals surface area contributed by atoms with E-state index in [0.717, 1.165) is 0 Å². The number of allylic oxidation sites excluding steroid dienone is 1. The van der Waals surface area contributed by atoms with Gasteiger partial charge in [-0.25, -0.2) is 4.79 Å². The number of ether oxygens (including phenoxy) is 1. The van der Waals surface area contributed by atoms with E-state index in [1.807, 2.05) is 19.6 Å². The number of methoxy groups -OCH3 is 1. The molecule has 0 unspecified atom stereocenters. The molecular formula is C8H15NO3Si. The largest absolute Gasteiger partial charge is 0.466 e. The van der Waals surface area contributed by atoms with Crippen molar-refractivity contribution in [2.45, 2.75) is 19.6 Å². The Balaban J connectivity index is 3.76. The topological polar surface area (TPSA) is 47.9 Å². The number of nitrogens with zero attached hydrogens (tertiary/aromatic N) is 1. The first-order valence-corrected chi connectivity index (χ1v) is 7.32. The van der Waals surface area contributed by atoms with E-state index < -0.39 is 14.3 Å². The molecule has 0 aliphatic heterocycles. The van der Waals surface area contributed by atoms with E-state index in [9.17, 15) is 4.79 Å². The summed E-state index contributed by atoms with van der Waals surface area (Å²) in [6, 6.07) is 0. The maximum absolute atomic E-state index is 10.6. The van der Waals surface area contributed by atoms with Gasteiger partial charge in [0, 0.05) is 6.08 Å². The number of hydrogen-bond acceptors (Lipinski definition) is 4. The Morgan fingerprint density at radius 3 is 2.46 bits per heavy atom. The molecule has 0 saturated heterocycles. The molecule has 0 aliphatic carbocycles. The van der Waals surface area contributed by atoms with Gasteiger partial charge in [-0.05, 0) is 25.7 Å². The average Bonchev–Trinajstić information content (AvgIpc) is 2.01. The predicted molar refractivity (Wildman–Crippen MR) is 54.1 cm³/mol. The fraction of sp³-hybridized carbons (Fsp3) is 0.500. The van der Waals surface area contributed by atoms with Crippen LogP contribution in [0.4, 0.5) is 0 Å². The van der Waals surface area contributed by atoms with Gasteiger partial charge in [-0.3, -0.25) is 0 Å². The predicted octanol–water partition coefficient (Wildman–Crippen LogP) is 1.55. The standard InChI is InChI=1S/C8H15NO3Si/c1-11-8(10)6-5-7-9-12-13(2,3)4/h5-7H,1-4H3. The summed E-state index contributed by atoms with van der Waals surface area (Å²) < 4.78 is 9.53. The van der Waals surface area contributed by atoms with Gasteiger partial charge in [-0.1, -0.05) is 0 Å². The lowest BCUT2D eigenvalue weighted by Crippen LogP contribution is -2.22. The van der Waals surface area contributed by atoms with E-state index in [1.165, 1.54) is 25.5 Å². The number of hydrogen-bond donors (Lipinski definition) is 0. The van der Waals surface area contributed by atoms with Crippen LogP contribution in [-0.4, -0.2) is 27.6 Å². The van der Waals surface area contributed by atoms with Crippen molar-refractivity contribution in [1.29, 1.82) is 0 Å². The minimum atomic E-state index is -1.59. The highest BCUT2D eigenvalue weighted by molar-refractivity contribution is 6.69. The zero-order valence-corrected chi connectivity index (χ0v) is 9.40. The van der Waals surface area contributed by atoms with Crippen LogP contribution >= 0.6 is 0 Å². The van der Waals surface area contributed by atoms with Crippen LogP contribution in [0.1, 0.15) is 0 Å². The fourth-order valence-electron chi connectivity index (χ4n) is 0.413. The second-order valence-corrected chi connectivity index (χ2v) is 7.75. The molecule has 0 aliphatic rings. The van der Waals surface area contributed by atoms with Crippen LogP contribution in [0.5, 0.6) is 0 Å². The van der Waals surface area contributed by atoms with Gasteiger partial charge >= 0.3 is 5.97 Å². The smallest absolute Gasteiger partial charge is 0.330 e. The SMILES string of the molecule is COC(=O)C=CC=NO[Si](C)(C)C. The monoisotopic (exact) mass is 201 g/mol. The summed E-state index contributed by atoms with van der Waals surface area (Å²) in [7, 11) is -0.269. The Morgan fingerprint density at radius 2 is 2.00 bits per heavy atom. The highest BCUT2D eigenvalue weighted by Gasteiger charge is 2.14. The van der Waals surface area contributed by atoms with Crippen LogP contribution in [-0.2, 0) is 14.1 Å². The number of esters is 1. The van der Waals surface area contributed by atoms with Crippen molar-refractivity contribution in [2.24, 2.45) is 5.16 Å². The molecule has 0 heterocycles. The molecule has 0 aromatic carbocycles. The third-order valence-electron chi connectivity index (χ3n) is 0.907. The normalized spacial score (nSPS) is 12.3. The highest BCUT2D eigenvalue weighted by atomic mass is 28.4. The quantitative estimate of drug-likeness (QED) is 0.228. The van der Waals surface area contributed by atoms with Crippen LogP contribution in [0.3, 0.4) is 0 Å². The molecule has 0 radical (unpaired) electrons. The van der Waals surface area contributed by atoms with Gasteiger partial charge in [0.05, 0.1) is 13.3 Å². The molecule has 0 N–H and O–H groups in total. The van der Waals surface area contributed by atoms with Crippen molar-refractivity contribution < 1.29 is 14.1 Å². The van der Waals surface area contributed by atoms with Gasteiger partial charge in [-0.15, -0.1) is 5.16 Å². The van der Waals surface area contributed by atoms with Crippen LogP contribution < -0.4 is 0 Å². The number of rotatable bonds is 4. The summed E-state index contributed by atoms with van der Waals surface area (Å²) in [5.41, 5.74) is 0. The molecule has 0 rings (SSSR count). The van der Waals surface area contributed by atoms with Crippen molar-refractivity contribution in [3.05, 3.63) is 12.2 Å². The molecule has 0 saturated carbocycles. The first kappa shape index (κ1) is 11.9. The highest BCUT2D eigenvalue weighted by Crippen LogP contribution is 2.01. The van der Waals surface area contributed by atoms with Gasteiger partial charge in [-0.2, -0.15) is 0 Å². The Morgan fingerprint density at radius 1 is 1.38 bits per heavy atom. The third kappa shape index (κ3) is 8.81. The summed E-state index contributed by atoms with van der Waals surface area (Å²) in [6.45, 7) is 6.07. The molecule has 74 valence electrons. The van der Waals surface area contributed by atoms with Gasteiger partial charge in [0.2, 0.25) is 0 Å². The number of carbonyl (C=O) groups is 1. The molecule has 0 atom stereocenters. The number of carbonyl (C=O) groups excluding carboxylic acids is 1.